The number of carbonyl (C=O) groups is 1. The highest BCUT2D eigenvalue weighted by molar-refractivity contribution is 7.47. The molecule has 9 heteroatoms. The molecule has 0 amide bonds. The summed E-state index contributed by atoms with van der Waals surface area (Å²) < 4.78 is 33.1. The van der Waals surface area contributed by atoms with E-state index in [1.165, 1.54) is 44.9 Å². The van der Waals surface area contributed by atoms with E-state index in [-0.39, 0.29) is 32.3 Å². The molecule has 0 aliphatic rings. The molecule has 0 aliphatic heterocycles. The summed E-state index contributed by atoms with van der Waals surface area (Å²) in [5.74, 6) is -0.348. The zero-order valence-electron chi connectivity index (χ0n) is 30.4. The van der Waals surface area contributed by atoms with E-state index in [0.717, 1.165) is 77.0 Å². The van der Waals surface area contributed by atoms with E-state index in [2.05, 4.69) is 74.6 Å². The van der Waals surface area contributed by atoms with Crippen molar-refractivity contribution < 1.29 is 32.8 Å². The van der Waals surface area contributed by atoms with Crippen LogP contribution in [0.3, 0.4) is 0 Å². The highest BCUT2D eigenvalue weighted by atomic mass is 31.2. The molecule has 0 aromatic rings. The normalized spacial score (nSPS) is 14.3. The number of rotatable bonds is 35. The molecule has 2 unspecified atom stereocenters. The molecule has 0 rings (SSSR count). The molecule has 0 aromatic carbocycles. The first kappa shape index (κ1) is 46.2. The molecule has 0 fully saturated rings. The average Bonchev–Trinajstić information content (AvgIpc) is 3.07. The fraction of sp³-hybridized carbons (Fsp3) is 0.718. The van der Waals surface area contributed by atoms with Crippen LogP contribution in [0.5, 0.6) is 0 Å². The Morgan fingerprint density at radius 2 is 1.17 bits per heavy atom. The predicted molar refractivity (Wildman–Crippen MR) is 201 cm³/mol. The third-order valence-corrected chi connectivity index (χ3v) is 8.43. The van der Waals surface area contributed by atoms with Crippen LogP contribution in [0.4, 0.5) is 0 Å². The van der Waals surface area contributed by atoms with Gasteiger partial charge in [0.25, 0.3) is 0 Å². The zero-order valence-corrected chi connectivity index (χ0v) is 31.3. The summed E-state index contributed by atoms with van der Waals surface area (Å²) in [6, 6.07) is 0. The lowest BCUT2D eigenvalue weighted by atomic mass is 10.1. The number of nitrogens with two attached hydrogens (primary N) is 1. The minimum Gasteiger partial charge on any atom is -0.457 e. The number of carbonyl (C=O) groups excluding carboxylic acids is 1. The number of hydrogen-bond donors (Lipinski definition) is 2. The highest BCUT2D eigenvalue weighted by Crippen LogP contribution is 2.43. The summed E-state index contributed by atoms with van der Waals surface area (Å²) in [5.41, 5.74) is 5.33. The van der Waals surface area contributed by atoms with Gasteiger partial charge in [-0.3, -0.25) is 13.8 Å². The van der Waals surface area contributed by atoms with Crippen LogP contribution in [0.15, 0.2) is 60.8 Å². The second kappa shape index (κ2) is 36.5. The molecule has 8 nitrogen and oxygen atoms in total. The van der Waals surface area contributed by atoms with E-state index in [4.69, 9.17) is 24.3 Å². The number of allylic oxidation sites excluding steroid dienone is 10. The first-order valence-corrected chi connectivity index (χ1v) is 20.3. The zero-order chi connectivity index (χ0) is 35.2. The fourth-order valence-corrected chi connectivity index (χ4v) is 5.49. The van der Waals surface area contributed by atoms with Crippen LogP contribution >= 0.6 is 7.82 Å². The summed E-state index contributed by atoms with van der Waals surface area (Å²) in [5, 5.41) is 0. The molecule has 0 spiro atoms. The smallest absolute Gasteiger partial charge is 0.457 e. The maximum Gasteiger partial charge on any atom is 0.472 e. The monoisotopic (exact) mass is 695 g/mol. The SMILES string of the molecule is CC/C=C\C/C=C\C/C=C\C/C=C\C/C=C\CCCCCCCCCC(=O)OC(COCCCCCCCC)COP(=O)(O)OCCN. The number of phosphoric acid groups is 1. The van der Waals surface area contributed by atoms with Gasteiger partial charge in [-0.2, -0.15) is 0 Å². The Balaban J connectivity index is 3.98. The van der Waals surface area contributed by atoms with Gasteiger partial charge in [-0.15, -0.1) is 0 Å². The Hall–Kier alpha value is -1.80. The third-order valence-electron chi connectivity index (χ3n) is 7.45. The lowest BCUT2D eigenvalue weighted by Crippen LogP contribution is -2.28. The third kappa shape index (κ3) is 35.5. The molecule has 0 radical (unpaired) electrons. The van der Waals surface area contributed by atoms with Gasteiger partial charge in [0.15, 0.2) is 0 Å². The van der Waals surface area contributed by atoms with Gasteiger partial charge in [0, 0.05) is 19.6 Å². The van der Waals surface area contributed by atoms with Gasteiger partial charge < -0.3 is 20.1 Å². The second-order valence-electron chi connectivity index (χ2n) is 12.1. The van der Waals surface area contributed by atoms with Crippen molar-refractivity contribution in [2.24, 2.45) is 5.73 Å². The molecule has 2 atom stereocenters. The highest BCUT2D eigenvalue weighted by Gasteiger charge is 2.25. The first-order chi connectivity index (χ1) is 23.4. The van der Waals surface area contributed by atoms with Crippen molar-refractivity contribution in [1.82, 2.24) is 0 Å². The van der Waals surface area contributed by atoms with Crippen molar-refractivity contribution >= 4 is 13.8 Å². The van der Waals surface area contributed by atoms with E-state index < -0.39 is 13.9 Å². The number of phosphoric ester groups is 1. The second-order valence-corrected chi connectivity index (χ2v) is 13.5. The fourth-order valence-electron chi connectivity index (χ4n) is 4.73. The van der Waals surface area contributed by atoms with Crippen molar-refractivity contribution in [3.63, 3.8) is 0 Å². The van der Waals surface area contributed by atoms with Crippen LogP contribution in [0.1, 0.15) is 142 Å². The molecule has 0 aromatic heterocycles. The minimum absolute atomic E-state index is 0.0960. The van der Waals surface area contributed by atoms with Crippen LogP contribution in [0, 0.1) is 0 Å². The van der Waals surface area contributed by atoms with E-state index in [0.29, 0.717) is 13.0 Å². The van der Waals surface area contributed by atoms with E-state index in [1.807, 2.05) is 0 Å². The van der Waals surface area contributed by atoms with Crippen molar-refractivity contribution in [3.8, 4) is 0 Å². The number of unbranched alkanes of at least 4 members (excludes halogenated alkanes) is 12. The van der Waals surface area contributed by atoms with Gasteiger partial charge in [0.05, 0.1) is 19.8 Å². The Bertz CT molecular complexity index is 916. The molecular weight excluding hydrogens is 625 g/mol. The van der Waals surface area contributed by atoms with Gasteiger partial charge in [-0.05, 0) is 57.8 Å². The van der Waals surface area contributed by atoms with E-state index in [9.17, 15) is 14.3 Å². The van der Waals surface area contributed by atoms with E-state index in [1.54, 1.807) is 0 Å². The van der Waals surface area contributed by atoms with Crippen LogP contribution in [-0.4, -0.2) is 49.9 Å². The summed E-state index contributed by atoms with van der Waals surface area (Å²) in [4.78, 5) is 22.3. The van der Waals surface area contributed by atoms with Crippen LogP contribution in [0.2, 0.25) is 0 Å². The quantitative estimate of drug-likeness (QED) is 0.0291. The Morgan fingerprint density at radius 3 is 1.75 bits per heavy atom. The van der Waals surface area contributed by atoms with Crippen molar-refractivity contribution in [2.45, 2.75) is 148 Å². The minimum atomic E-state index is -4.27. The Morgan fingerprint density at radius 1 is 0.646 bits per heavy atom. The number of esters is 1. The molecule has 3 N–H and O–H groups in total. The summed E-state index contributed by atoms with van der Waals surface area (Å²) >= 11 is 0. The first-order valence-electron chi connectivity index (χ1n) is 18.8. The maximum atomic E-state index is 12.5. The number of hydrogen-bond acceptors (Lipinski definition) is 7. The van der Waals surface area contributed by atoms with Crippen molar-refractivity contribution in [2.75, 3.05) is 33.0 Å². The largest absolute Gasteiger partial charge is 0.472 e. The molecule has 278 valence electrons. The topological polar surface area (TPSA) is 117 Å². The molecule has 0 bridgehead atoms. The molecule has 48 heavy (non-hydrogen) atoms. The average molecular weight is 696 g/mol. The molecule has 0 aliphatic carbocycles. The predicted octanol–water partition coefficient (Wildman–Crippen LogP) is 10.6. The Kier molecular flexibility index (Phi) is 35.1. The van der Waals surface area contributed by atoms with Crippen molar-refractivity contribution in [3.05, 3.63) is 60.8 Å². The van der Waals surface area contributed by atoms with Gasteiger partial charge >= 0.3 is 13.8 Å². The standard InChI is InChI=1S/C39H70NO7P/c1-3-5-7-9-11-12-13-14-15-16-17-18-19-20-21-22-23-24-25-26-27-28-30-32-39(41)47-38(37-46-48(42,43)45-35-33-40)36-44-34-31-29-10-8-6-4-2/h5,7,11-12,14-15,17-18,20-21,38H,3-4,6,8-10,13,16,19,22-37,40H2,1-2H3,(H,42,43)/b7-5-,12-11-,15-14-,18-17-,21-20-. The molecule has 0 saturated heterocycles. The van der Waals surface area contributed by atoms with E-state index >= 15 is 0 Å². The maximum absolute atomic E-state index is 12.5. The molecular formula is C39H70NO7P. The summed E-state index contributed by atoms with van der Waals surface area (Å²) in [6.07, 6.45) is 42.5. The van der Waals surface area contributed by atoms with Crippen LogP contribution in [-0.2, 0) is 27.9 Å². The van der Waals surface area contributed by atoms with Gasteiger partial charge in [-0.25, -0.2) is 4.57 Å². The molecule has 0 heterocycles. The van der Waals surface area contributed by atoms with Crippen LogP contribution < -0.4 is 5.73 Å². The summed E-state index contributed by atoms with van der Waals surface area (Å²) in [7, 11) is -4.27. The van der Waals surface area contributed by atoms with Crippen molar-refractivity contribution in [1.29, 1.82) is 0 Å². The molecule has 0 saturated carbocycles. The lowest BCUT2D eigenvalue weighted by molar-refractivity contribution is -0.154. The summed E-state index contributed by atoms with van der Waals surface area (Å²) in [6.45, 7) is 4.72. The van der Waals surface area contributed by atoms with Gasteiger partial charge in [0.2, 0.25) is 0 Å². The van der Waals surface area contributed by atoms with Gasteiger partial charge in [-0.1, -0.05) is 139 Å². The lowest BCUT2D eigenvalue weighted by Gasteiger charge is -2.20. The van der Waals surface area contributed by atoms with Crippen LogP contribution in [0.25, 0.3) is 0 Å². The number of ether oxygens (including phenoxy) is 2. The van der Waals surface area contributed by atoms with Gasteiger partial charge in [0.1, 0.15) is 6.10 Å². The Labute approximate surface area is 293 Å².